The zero-order chi connectivity index (χ0) is 13.1. The van der Waals surface area contributed by atoms with Crippen molar-refractivity contribution < 1.29 is 4.74 Å². The lowest BCUT2D eigenvalue weighted by Crippen LogP contribution is -2.20. The van der Waals surface area contributed by atoms with Crippen LogP contribution in [0, 0.1) is 6.92 Å². The minimum absolute atomic E-state index is 0.368. The van der Waals surface area contributed by atoms with E-state index < -0.39 is 0 Å². The first kappa shape index (κ1) is 13.2. The van der Waals surface area contributed by atoms with E-state index in [2.05, 4.69) is 56.4 Å². The fourth-order valence-corrected chi connectivity index (χ4v) is 2.38. The molecule has 0 bridgehead atoms. The van der Waals surface area contributed by atoms with Gasteiger partial charge in [-0.2, -0.15) is 0 Å². The molecule has 0 aromatic heterocycles. The average molecular weight is 248 g/mol. The molecule has 2 rings (SSSR count). The van der Waals surface area contributed by atoms with Crippen molar-refractivity contribution in [2.75, 3.05) is 30.9 Å². The monoisotopic (exact) mass is 248 g/mol. The van der Waals surface area contributed by atoms with E-state index >= 15 is 0 Å². The van der Waals surface area contributed by atoms with Gasteiger partial charge in [-0.3, -0.25) is 0 Å². The van der Waals surface area contributed by atoms with Gasteiger partial charge < -0.3 is 15.0 Å². The fraction of sp³-hybridized carbons (Fsp3) is 0.600. The van der Waals surface area contributed by atoms with Crippen molar-refractivity contribution in [3.05, 3.63) is 23.8 Å². The van der Waals surface area contributed by atoms with Gasteiger partial charge in [0.25, 0.3) is 0 Å². The van der Waals surface area contributed by atoms with Crippen LogP contribution >= 0.6 is 0 Å². The number of nitrogens with one attached hydrogen (secondary N) is 1. The van der Waals surface area contributed by atoms with Crippen molar-refractivity contribution in [3.63, 3.8) is 0 Å². The molecule has 2 unspecified atom stereocenters. The van der Waals surface area contributed by atoms with Gasteiger partial charge in [0.2, 0.25) is 0 Å². The molecule has 0 aliphatic carbocycles. The van der Waals surface area contributed by atoms with Crippen LogP contribution in [0.4, 0.5) is 11.4 Å². The summed E-state index contributed by atoms with van der Waals surface area (Å²) in [5.74, 6) is 0. The highest BCUT2D eigenvalue weighted by atomic mass is 16.5. The molecule has 0 saturated carbocycles. The Morgan fingerprint density at radius 3 is 2.67 bits per heavy atom. The van der Waals surface area contributed by atoms with E-state index in [1.807, 2.05) is 0 Å². The lowest BCUT2D eigenvalue weighted by Gasteiger charge is -2.17. The number of aryl methyl sites for hydroxylation is 1. The molecular formula is C15H24N2O. The SMILES string of the molecule is Cc1cc(N(C)C)ccc1NCC1CCC(C)O1. The first-order valence-corrected chi connectivity index (χ1v) is 6.73. The highest BCUT2D eigenvalue weighted by Gasteiger charge is 2.21. The number of anilines is 2. The number of rotatable bonds is 4. The summed E-state index contributed by atoms with van der Waals surface area (Å²) in [5.41, 5.74) is 3.74. The number of hydrogen-bond donors (Lipinski definition) is 1. The second-order valence-electron chi connectivity index (χ2n) is 5.42. The molecule has 1 heterocycles. The van der Waals surface area contributed by atoms with Crippen LogP contribution in [0.3, 0.4) is 0 Å². The Balaban J connectivity index is 1.93. The molecule has 3 heteroatoms. The number of hydrogen-bond acceptors (Lipinski definition) is 3. The van der Waals surface area contributed by atoms with Gasteiger partial charge in [-0.05, 0) is 50.5 Å². The Bertz CT molecular complexity index is 403. The summed E-state index contributed by atoms with van der Waals surface area (Å²) < 4.78 is 5.81. The summed E-state index contributed by atoms with van der Waals surface area (Å²) in [5, 5.41) is 3.50. The van der Waals surface area contributed by atoms with Crippen LogP contribution in [0.25, 0.3) is 0 Å². The van der Waals surface area contributed by atoms with Gasteiger partial charge in [0.1, 0.15) is 0 Å². The van der Waals surface area contributed by atoms with E-state index in [-0.39, 0.29) is 0 Å². The van der Waals surface area contributed by atoms with Crippen LogP contribution in [-0.4, -0.2) is 32.8 Å². The molecule has 1 N–H and O–H groups in total. The topological polar surface area (TPSA) is 24.5 Å². The molecule has 1 aliphatic rings. The average Bonchev–Trinajstić information content (AvgIpc) is 2.73. The molecule has 1 aromatic rings. The van der Waals surface area contributed by atoms with Crippen LogP contribution in [0.15, 0.2) is 18.2 Å². The Morgan fingerprint density at radius 1 is 1.33 bits per heavy atom. The minimum Gasteiger partial charge on any atom is -0.382 e. The van der Waals surface area contributed by atoms with Crippen molar-refractivity contribution in [2.45, 2.75) is 38.9 Å². The molecule has 100 valence electrons. The summed E-state index contributed by atoms with van der Waals surface area (Å²) in [6.45, 7) is 5.21. The number of benzene rings is 1. The van der Waals surface area contributed by atoms with Crippen molar-refractivity contribution in [1.82, 2.24) is 0 Å². The Labute approximate surface area is 110 Å². The molecule has 1 aromatic carbocycles. The second-order valence-corrected chi connectivity index (χ2v) is 5.42. The molecule has 2 atom stereocenters. The van der Waals surface area contributed by atoms with Crippen molar-refractivity contribution in [1.29, 1.82) is 0 Å². The molecule has 0 amide bonds. The van der Waals surface area contributed by atoms with Gasteiger partial charge in [0, 0.05) is 32.0 Å². The minimum atomic E-state index is 0.368. The highest BCUT2D eigenvalue weighted by Crippen LogP contribution is 2.23. The maximum atomic E-state index is 5.81. The maximum Gasteiger partial charge on any atom is 0.0751 e. The van der Waals surface area contributed by atoms with Gasteiger partial charge in [0.05, 0.1) is 12.2 Å². The Kier molecular flexibility index (Phi) is 4.12. The lowest BCUT2D eigenvalue weighted by molar-refractivity contribution is 0.0637. The molecule has 1 fully saturated rings. The standard InChI is InChI=1S/C15H24N2O/c1-11-9-13(17(3)4)6-8-15(11)16-10-14-7-5-12(2)18-14/h6,8-9,12,14,16H,5,7,10H2,1-4H3. The maximum absolute atomic E-state index is 5.81. The van der Waals surface area contributed by atoms with Gasteiger partial charge in [-0.25, -0.2) is 0 Å². The smallest absolute Gasteiger partial charge is 0.0751 e. The van der Waals surface area contributed by atoms with Gasteiger partial charge in [-0.1, -0.05) is 0 Å². The van der Waals surface area contributed by atoms with Crippen LogP contribution < -0.4 is 10.2 Å². The van der Waals surface area contributed by atoms with E-state index in [1.54, 1.807) is 0 Å². The third kappa shape index (κ3) is 3.16. The molecule has 1 aliphatic heterocycles. The van der Waals surface area contributed by atoms with Crippen LogP contribution in [0.1, 0.15) is 25.3 Å². The fourth-order valence-electron chi connectivity index (χ4n) is 2.38. The van der Waals surface area contributed by atoms with Gasteiger partial charge in [0.15, 0.2) is 0 Å². The van der Waals surface area contributed by atoms with Crippen molar-refractivity contribution >= 4 is 11.4 Å². The predicted octanol–water partition coefficient (Wildman–Crippen LogP) is 3.04. The number of ether oxygens (including phenoxy) is 1. The largest absolute Gasteiger partial charge is 0.382 e. The van der Waals surface area contributed by atoms with Crippen molar-refractivity contribution in [3.8, 4) is 0 Å². The Hall–Kier alpha value is -1.22. The van der Waals surface area contributed by atoms with Crippen LogP contribution in [-0.2, 0) is 4.74 Å². The normalized spacial score (nSPS) is 23.1. The van der Waals surface area contributed by atoms with Crippen LogP contribution in [0.2, 0.25) is 0 Å². The van der Waals surface area contributed by atoms with E-state index in [4.69, 9.17) is 4.74 Å². The Morgan fingerprint density at radius 2 is 2.11 bits per heavy atom. The quantitative estimate of drug-likeness (QED) is 0.886. The summed E-state index contributed by atoms with van der Waals surface area (Å²) in [4.78, 5) is 2.12. The zero-order valence-electron chi connectivity index (χ0n) is 11.9. The molecule has 0 radical (unpaired) electrons. The summed E-state index contributed by atoms with van der Waals surface area (Å²) in [6.07, 6.45) is 3.15. The third-order valence-corrected chi connectivity index (χ3v) is 3.57. The van der Waals surface area contributed by atoms with Crippen molar-refractivity contribution in [2.24, 2.45) is 0 Å². The first-order chi connectivity index (χ1) is 8.56. The third-order valence-electron chi connectivity index (χ3n) is 3.57. The van der Waals surface area contributed by atoms with E-state index in [1.165, 1.54) is 29.8 Å². The summed E-state index contributed by atoms with van der Waals surface area (Å²) >= 11 is 0. The van der Waals surface area contributed by atoms with E-state index in [0.29, 0.717) is 12.2 Å². The highest BCUT2D eigenvalue weighted by molar-refractivity contribution is 5.59. The number of nitrogens with zero attached hydrogens (tertiary/aromatic N) is 1. The first-order valence-electron chi connectivity index (χ1n) is 6.73. The lowest BCUT2D eigenvalue weighted by atomic mass is 10.1. The molecule has 0 spiro atoms. The predicted molar refractivity (Wildman–Crippen MR) is 77.6 cm³/mol. The van der Waals surface area contributed by atoms with Gasteiger partial charge in [-0.15, -0.1) is 0 Å². The van der Waals surface area contributed by atoms with Crippen LogP contribution in [0.5, 0.6) is 0 Å². The van der Waals surface area contributed by atoms with E-state index in [9.17, 15) is 0 Å². The summed E-state index contributed by atoms with van der Waals surface area (Å²) in [7, 11) is 4.13. The molecule has 3 nitrogen and oxygen atoms in total. The molecular weight excluding hydrogens is 224 g/mol. The van der Waals surface area contributed by atoms with Gasteiger partial charge >= 0.3 is 0 Å². The zero-order valence-corrected chi connectivity index (χ0v) is 11.9. The molecule has 1 saturated heterocycles. The molecule has 18 heavy (non-hydrogen) atoms. The van der Waals surface area contributed by atoms with E-state index in [0.717, 1.165) is 6.54 Å². The summed E-state index contributed by atoms with van der Waals surface area (Å²) in [6, 6.07) is 6.51. The second kappa shape index (κ2) is 5.61.